The Morgan fingerprint density at radius 1 is 1.08 bits per heavy atom. The Hall–Kier alpha value is -3.04. The molecule has 2 aromatic rings. The molecule has 0 radical (unpaired) electrons. The zero-order valence-corrected chi connectivity index (χ0v) is 22.3. The van der Waals surface area contributed by atoms with Gasteiger partial charge in [0.1, 0.15) is 6.17 Å². The summed E-state index contributed by atoms with van der Waals surface area (Å²) in [5.41, 5.74) is 3.41. The molecule has 38 heavy (non-hydrogen) atoms. The van der Waals surface area contributed by atoms with Crippen LogP contribution in [0.3, 0.4) is 0 Å². The monoisotopic (exact) mass is 547 g/mol. The SMILES string of the molecule is CC(=N)CC(=O)N(Cc1ccc(Cl)cc1)C1CCN(CC2=C(C)NC(c3ccc(C(F)(F)F)cc3)N2)CC1. The predicted molar refractivity (Wildman–Crippen MR) is 143 cm³/mol. The minimum Gasteiger partial charge on any atom is -0.364 e. The van der Waals surface area contributed by atoms with E-state index in [-0.39, 0.29) is 24.5 Å². The van der Waals surface area contributed by atoms with Crippen molar-refractivity contribution >= 4 is 23.2 Å². The molecule has 1 saturated heterocycles. The fraction of sp³-hybridized carbons (Fsp3) is 0.429. The Morgan fingerprint density at radius 3 is 2.29 bits per heavy atom. The summed E-state index contributed by atoms with van der Waals surface area (Å²) in [6, 6.07) is 12.8. The van der Waals surface area contributed by atoms with Crippen LogP contribution in [0, 0.1) is 5.41 Å². The number of hydrogen-bond acceptors (Lipinski definition) is 5. The second-order valence-electron chi connectivity index (χ2n) is 10.1. The van der Waals surface area contributed by atoms with Crippen LogP contribution in [0.5, 0.6) is 0 Å². The van der Waals surface area contributed by atoms with E-state index in [9.17, 15) is 18.0 Å². The van der Waals surface area contributed by atoms with Gasteiger partial charge in [-0.2, -0.15) is 13.2 Å². The maximum Gasteiger partial charge on any atom is 0.416 e. The summed E-state index contributed by atoms with van der Waals surface area (Å²) in [5, 5.41) is 15.2. The second kappa shape index (κ2) is 11.8. The number of carbonyl (C=O) groups is 1. The number of piperidine rings is 1. The van der Waals surface area contributed by atoms with Gasteiger partial charge in [-0.15, -0.1) is 0 Å². The van der Waals surface area contributed by atoms with Crippen LogP contribution in [0.4, 0.5) is 13.2 Å². The summed E-state index contributed by atoms with van der Waals surface area (Å²) < 4.78 is 38.7. The minimum atomic E-state index is -4.35. The van der Waals surface area contributed by atoms with E-state index in [2.05, 4.69) is 15.5 Å². The largest absolute Gasteiger partial charge is 0.416 e. The molecule has 2 aliphatic heterocycles. The lowest BCUT2D eigenvalue weighted by Crippen LogP contribution is -2.48. The molecule has 0 aromatic heterocycles. The van der Waals surface area contributed by atoms with E-state index < -0.39 is 11.7 Å². The lowest BCUT2D eigenvalue weighted by atomic mass is 10.0. The Bertz CT molecular complexity index is 1170. The highest BCUT2D eigenvalue weighted by atomic mass is 35.5. The molecular weight excluding hydrogens is 515 g/mol. The number of alkyl halides is 3. The third-order valence-electron chi connectivity index (χ3n) is 7.09. The summed E-state index contributed by atoms with van der Waals surface area (Å²) in [6.07, 6.45) is -2.88. The van der Waals surface area contributed by atoms with Crippen molar-refractivity contribution in [3.63, 3.8) is 0 Å². The van der Waals surface area contributed by atoms with Gasteiger partial charge in [0.2, 0.25) is 5.91 Å². The average molecular weight is 548 g/mol. The van der Waals surface area contributed by atoms with Crippen LogP contribution < -0.4 is 10.6 Å². The molecule has 1 atom stereocenters. The van der Waals surface area contributed by atoms with Gasteiger partial charge in [-0.3, -0.25) is 9.69 Å². The topological polar surface area (TPSA) is 71.5 Å². The number of carbonyl (C=O) groups excluding carboxylic acids is 1. The number of nitrogens with one attached hydrogen (secondary N) is 3. The molecule has 3 N–H and O–H groups in total. The van der Waals surface area contributed by atoms with Crippen molar-refractivity contribution in [3.05, 3.63) is 81.6 Å². The first-order valence-electron chi connectivity index (χ1n) is 12.7. The molecule has 10 heteroatoms. The lowest BCUT2D eigenvalue weighted by Gasteiger charge is -2.39. The van der Waals surface area contributed by atoms with E-state index in [0.29, 0.717) is 23.8 Å². The molecule has 1 amide bonds. The van der Waals surface area contributed by atoms with Gasteiger partial charge in [-0.25, -0.2) is 0 Å². The summed E-state index contributed by atoms with van der Waals surface area (Å²) in [6.45, 7) is 6.40. The number of amides is 1. The van der Waals surface area contributed by atoms with Gasteiger partial charge in [0, 0.05) is 54.3 Å². The number of rotatable bonds is 8. The number of nitrogens with zero attached hydrogens (tertiary/aromatic N) is 2. The molecule has 1 unspecified atom stereocenters. The predicted octanol–water partition coefficient (Wildman–Crippen LogP) is 5.70. The van der Waals surface area contributed by atoms with Crippen molar-refractivity contribution in [2.75, 3.05) is 19.6 Å². The van der Waals surface area contributed by atoms with E-state index in [1.807, 2.05) is 36.1 Å². The van der Waals surface area contributed by atoms with Crippen molar-refractivity contribution in [3.8, 4) is 0 Å². The van der Waals surface area contributed by atoms with E-state index in [4.69, 9.17) is 17.0 Å². The molecule has 4 rings (SSSR count). The van der Waals surface area contributed by atoms with Crippen LogP contribution in [0.15, 0.2) is 59.9 Å². The Labute approximate surface area is 226 Å². The molecule has 0 spiro atoms. The number of halogens is 4. The molecule has 1 fully saturated rings. The average Bonchev–Trinajstić information content (AvgIpc) is 3.23. The van der Waals surface area contributed by atoms with E-state index >= 15 is 0 Å². The minimum absolute atomic E-state index is 0.0366. The van der Waals surface area contributed by atoms with Crippen LogP contribution in [-0.2, 0) is 17.5 Å². The molecule has 204 valence electrons. The molecule has 0 bridgehead atoms. The van der Waals surface area contributed by atoms with Gasteiger partial charge in [0.15, 0.2) is 0 Å². The molecule has 0 saturated carbocycles. The van der Waals surface area contributed by atoms with Crippen molar-refractivity contribution in [2.45, 2.75) is 58.0 Å². The molecule has 2 aliphatic rings. The quantitative estimate of drug-likeness (QED) is 0.371. The van der Waals surface area contributed by atoms with Gasteiger partial charge in [0.05, 0.1) is 12.0 Å². The van der Waals surface area contributed by atoms with Crippen LogP contribution in [-0.4, -0.2) is 47.1 Å². The van der Waals surface area contributed by atoms with Crippen molar-refractivity contribution < 1.29 is 18.0 Å². The number of benzene rings is 2. The summed E-state index contributed by atoms with van der Waals surface area (Å²) in [7, 11) is 0. The van der Waals surface area contributed by atoms with E-state index in [0.717, 1.165) is 60.6 Å². The maximum absolute atomic E-state index is 13.0. The van der Waals surface area contributed by atoms with Gasteiger partial charge in [0.25, 0.3) is 0 Å². The molecular formula is C28H33ClF3N5O. The zero-order valence-electron chi connectivity index (χ0n) is 21.5. The summed E-state index contributed by atoms with van der Waals surface area (Å²) in [5.74, 6) is -0.0366. The zero-order chi connectivity index (χ0) is 27.4. The normalized spacial score (nSPS) is 18.7. The Morgan fingerprint density at radius 2 is 1.71 bits per heavy atom. The summed E-state index contributed by atoms with van der Waals surface area (Å²) in [4.78, 5) is 17.3. The van der Waals surface area contributed by atoms with Crippen LogP contribution >= 0.6 is 11.6 Å². The lowest BCUT2D eigenvalue weighted by molar-refractivity contribution is -0.137. The Balaban J connectivity index is 1.34. The van der Waals surface area contributed by atoms with Crippen LogP contribution in [0.2, 0.25) is 5.02 Å². The first-order valence-corrected chi connectivity index (χ1v) is 13.1. The highest BCUT2D eigenvalue weighted by molar-refractivity contribution is 6.30. The first-order chi connectivity index (χ1) is 18.0. The summed E-state index contributed by atoms with van der Waals surface area (Å²) >= 11 is 6.02. The molecule has 2 aromatic carbocycles. The van der Waals surface area contributed by atoms with Gasteiger partial charge >= 0.3 is 6.18 Å². The van der Waals surface area contributed by atoms with Crippen LogP contribution in [0.25, 0.3) is 0 Å². The number of hydrogen-bond donors (Lipinski definition) is 3. The maximum atomic E-state index is 13.0. The van der Waals surface area contributed by atoms with Crippen LogP contribution in [0.1, 0.15) is 56.0 Å². The number of likely N-dealkylation sites (tertiary alicyclic amines) is 1. The van der Waals surface area contributed by atoms with Crippen molar-refractivity contribution in [1.29, 1.82) is 5.41 Å². The number of allylic oxidation sites excluding steroid dienone is 1. The van der Waals surface area contributed by atoms with Crippen molar-refractivity contribution in [2.24, 2.45) is 0 Å². The molecule has 2 heterocycles. The standard InChI is InChI=1S/C28H33ClF3N5O/c1-18(33)15-26(38)37(16-20-3-9-23(29)10-4-20)24-11-13-36(14-12-24)17-25-19(2)34-27(35-25)21-5-7-22(8-6-21)28(30,31)32/h3-10,24,27,33-35H,11-17H2,1-2H3. The van der Waals surface area contributed by atoms with Gasteiger partial charge in [-0.1, -0.05) is 35.9 Å². The third kappa shape index (κ3) is 7.08. The molecule has 0 aliphatic carbocycles. The van der Waals surface area contributed by atoms with Gasteiger partial charge < -0.3 is 20.9 Å². The first kappa shape index (κ1) is 28.0. The van der Waals surface area contributed by atoms with E-state index in [1.54, 1.807) is 6.92 Å². The fourth-order valence-corrected chi connectivity index (χ4v) is 5.09. The molecule has 6 nitrogen and oxygen atoms in total. The fourth-order valence-electron chi connectivity index (χ4n) is 4.97. The second-order valence-corrected chi connectivity index (χ2v) is 10.5. The highest BCUT2D eigenvalue weighted by Gasteiger charge is 2.32. The smallest absolute Gasteiger partial charge is 0.364 e. The van der Waals surface area contributed by atoms with Gasteiger partial charge in [-0.05, 0) is 62.1 Å². The third-order valence-corrected chi connectivity index (χ3v) is 7.34. The van der Waals surface area contributed by atoms with Crippen molar-refractivity contribution in [1.82, 2.24) is 20.4 Å². The Kier molecular flexibility index (Phi) is 8.67. The van der Waals surface area contributed by atoms with E-state index in [1.165, 1.54) is 12.1 Å². The highest BCUT2D eigenvalue weighted by Crippen LogP contribution is 2.31.